The summed E-state index contributed by atoms with van der Waals surface area (Å²) in [5, 5.41) is 0. The van der Waals surface area contributed by atoms with E-state index in [-0.39, 0.29) is 5.83 Å². The predicted molar refractivity (Wildman–Crippen MR) is 58.7 cm³/mol. The van der Waals surface area contributed by atoms with Gasteiger partial charge in [0.2, 0.25) is 0 Å². The van der Waals surface area contributed by atoms with Gasteiger partial charge in [-0.05, 0) is 32.5 Å². The molecule has 0 radical (unpaired) electrons. The third kappa shape index (κ3) is 2.55. The molecule has 0 amide bonds. The average Bonchev–Trinajstić information content (AvgIpc) is 2.60. The summed E-state index contributed by atoms with van der Waals surface area (Å²) in [6.45, 7) is 7.35. The maximum absolute atomic E-state index is 13.5. The Morgan fingerprint density at radius 1 is 1.57 bits per heavy atom. The summed E-state index contributed by atoms with van der Waals surface area (Å²) < 4.78 is 13.5. The standard InChI is InChI=1S/C12H18FN/c1-4-6-11(12(13)5-2)10-7-8-14(3)9-10/h4-6,10H,1,7-9H2,2-3H3/b11-6-,12-5+. The normalized spacial score (nSPS) is 25.5. The van der Waals surface area contributed by atoms with Gasteiger partial charge in [0.25, 0.3) is 0 Å². The van der Waals surface area contributed by atoms with Crippen molar-refractivity contribution in [1.82, 2.24) is 4.90 Å². The molecule has 0 N–H and O–H groups in total. The molecule has 1 nitrogen and oxygen atoms in total. The van der Waals surface area contributed by atoms with Crippen LogP contribution >= 0.6 is 0 Å². The minimum Gasteiger partial charge on any atom is -0.306 e. The monoisotopic (exact) mass is 195 g/mol. The lowest BCUT2D eigenvalue weighted by Gasteiger charge is -2.13. The lowest BCUT2D eigenvalue weighted by atomic mass is 9.96. The Labute approximate surface area is 85.6 Å². The van der Waals surface area contributed by atoms with E-state index in [0.29, 0.717) is 5.92 Å². The highest BCUT2D eigenvalue weighted by atomic mass is 19.1. The summed E-state index contributed by atoms with van der Waals surface area (Å²) in [4.78, 5) is 2.23. The molecule has 1 heterocycles. The highest BCUT2D eigenvalue weighted by molar-refractivity contribution is 5.31. The van der Waals surface area contributed by atoms with Crippen LogP contribution < -0.4 is 0 Å². The molecule has 0 bridgehead atoms. The number of allylic oxidation sites excluding steroid dienone is 4. The van der Waals surface area contributed by atoms with Crippen LogP contribution in [0.2, 0.25) is 0 Å². The second kappa shape index (κ2) is 5.11. The maximum Gasteiger partial charge on any atom is 0.122 e. The van der Waals surface area contributed by atoms with Crippen LogP contribution in [0, 0.1) is 5.92 Å². The first kappa shape index (κ1) is 11.2. The number of likely N-dealkylation sites (tertiary alicyclic amines) is 1. The van der Waals surface area contributed by atoms with Gasteiger partial charge in [0.05, 0.1) is 0 Å². The first-order chi connectivity index (χ1) is 6.69. The first-order valence-corrected chi connectivity index (χ1v) is 5.02. The third-order valence-electron chi connectivity index (χ3n) is 2.66. The number of rotatable bonds is 3. The van der Waals surface area contributed by atoms with Crippen molar-refractivity contribution >= 4 is 0 Å². The van der Waals surface area contributed by atoms with E-state index in [9.17, 15) is 4.39 Å². The highest BCUT2D eigenvalue weighted by Crippen LogP contribution is 2.28. The molecule has 1 fully saturated rings. The fourth-order valence-corrected chi connectivity index (χ4v) is 1.89. The molecule has 1 unspecified atom stereocenters. The van der Waals surface area contributed by atoms with Crippen molar-refractivity contribution in [2.45, 2.75) is 13.3 Å². The molecular formula is C12H18FN. The summed E-state index contributed by atoms with van der Waals surface area (Å²) in [7, 11) is 2.07. The molecule has 14 heavy (non-hydrogen) atoms. The molecule has 0 aromatic rings. The van der Waals surface area contributed by atoms with Gasteiger partial charge in [0.1, 0.15) is 5.83 Å². The largest absolute Gasteiger partial charge is 0.306 e. The second-order valence-corrected chi connectivity index (χ2v) is 3.74. The molecule has 0 aromatic carbocycles. The van der Waals surface area contributed by atoms with E-state index in [1.807, 2.05) is 0 Å². The van der Waals surface area contributed by atoms with Crippen molar-refractivity contribution < 1.29 is 4.39 Å². The number of hydrogen-bond donors (Lipinski definition) is 0. The topological polar surface area (TPSA) is 3.24 Å². The van der Waals surface area contributed by atoms with E-state index in [0.717, 1.165) is 25.1 Å². The molecule has 1 atom stereocenters. The van der Waals surface area contributed by atoms with Crippen molar-refractivity contribution in [3.63, 3.8) is 0 Å². The van der Waals surface area contributed by atoms with Crippen LogP contribution in [0.1, 0.15) is 13.3 Å². The van der Waals surface area contributed by atoms with Gasteiger partial charge < -0.3 is 4.90 Å². The van der Waals surface area contributed by atoms with Crippen LogP contribution in [0.15, 0.2) is 36.2 Å². The second-order valence-electron chi connectivity index (χ2n) is 3.74. The van der Waals surface area contributed by atoms with Crippen LogP contribution in [0.4, 0.5) is 4.39 Å². The van der Waals surface area contributed by atoms with Crippen molar-refractivity contribution in [3.8, 4) is 0 Å². The van der Waals surface area contributed by atoms with Gasteiger partial charge in [0.15, 0.2) is 0 Å². The SMILES string of the molecule is C=C/C=C(\C(F)=C/C)C1CCN(C)C1. The lowest BCUT2D eigenvalue weighted by molar-refractivity contribution is 0.403. The quantitative estimate of drug-likeness (QED) is 0.626. The van der Waals surface area contributed by atoms with Crippen LogP contribution in [-0.2, 0) is 0 Å². The van der Waals surface area contributed by atoms with E-state index < -0.39 is 0 Å². The van der Waals surface area contributed by atoms with Gasteiger partial charge in [-0.3, -0.25) is 0 Å². The van der Waals surface area contributed by atoms with Crippen LogP contribution in [-0.4, -0.2) is 25.0 Å². The Balaban J connectivity index is 2.79. The van der Waals surface area contributed by atoms with Crippen molar-refractivity contribution in [3.05, 3.63) is 36.2 Å². The Kier molecular flexibility index (Phi) is 4.08. The molecule has 2 heteroatoms. The first-order valence-electron chi connectivity index (χ1n) is 5.02. The third-order valence-corrected chi connectivity index (χ3v) is 2.66. The number of hydrogen-bond acceptors (Lipinski definition) is 1. The summed E-state index contributed by atoms with van der Waals surface area (Å²) in [6, 6.07) is 0. The van der Waals surface area contributed by atoms with Crippen LogP contribution in [0.25, 0.3) is 0 Å². The molecule has 0 saturated carbocycles. The minimum absolute atomic E-state index is 0.106. The Morgan fingerprint density at radius 3 is 2.71 bits per heavy atom. The summed E-state index contributed by atoms with van der Waals surface area (Å²) in [5.41, 5.74) is 0.798. The molecule has 0 aromatic heterocycles. The van der Waals surface area contributed by atoms with Crippen molar-refractivity contribution in [2.24, 2.45) is 5.92 Å². The fourth-order valence-electron chi connectivity index (χ4n) is 1.89. The molecule has 78 valence electrons. The Hall–Kier alpha value is -0.890. The molecule has 1 aliphatic rings. The van der Waals surface area contributed by atoms with Crippen molar-refractivity contribution in [2.75, 3.05) is 20.1 Å². The van der Waals surface area contributed by atoms with E-state index in [1.165, 1.54) is 6.08 Å². The van der Waals surface area contributed by atoms with Gasteiger partial charge >= 0.3 is 0 Å². The summed E-state index contributed by atoms with van der Waals surface area (Å²) >= 11 is 0. The molecule has 1 rings (SSSR count). The van der Waals surface area contributed by atoms with Gasteiger partial charge in [-0.25, -0.2) is 4.39 Å². The highest BCUT2D eigenvalue weighted by Gasteiger charge is 2.24. The zero-order valence-electron chi connectivity index (χ0n) is 8.96. The van der Waals surface area contributed by atoms with Crippen molar-refractivity contribution in [1.29, 1.82) is 0 Å². The zero-order valence-corrected chi connectivity index (χ0v) is 8.96. The molecule has 0 aliphatic carbocycles. The Morgan fingerprint density at radius 2 is 2.29 bits per heavy atom. The zero-order chi connectivity index (χ0) is 10.6. The number of halogens is 1. The van der Waals surface area contributed by atoms with Crippen LogP contribution in [0.3, 0.4) is 0 Å². The van der Waals surface area contributed by atoms with Crippen LogP contribution in [0.5, 0.6) is 0 Å². The van der Waals surface area contributed by atoms with E-state index >= 15 is 0 Å². The number of nitrogens with zero attached hydrogens (tertiary/aromatic N) is 1. The Bertz CT molecular complexity index is 265. The van der Waals surface area contributed by atoms with E-state index in [4.69, 9.17) is 0 Å². The fraction of sp³-hybridized carbons (Fsp3) is 0.500. The minimum atomic E-state index is -0.106. The molecule has 1 saturated heterocycles. The van der Waals surface area contributed by atoms with Gasteiger partial charge in [-0.2, -0.15) is 0 Å². The molecule has 1 aliphatic heterocycles. The summed E-state index contributed by atoms with van der Waals surface area (Å²) in [5.74, 6) is 0.222. The van der Waals surface area contributed by atoms with E-state index in [2.05, 4.69) is 18.5 Å². The van der Waals surface area contributed by atoms with E-state index in [1.54, 1.807) is 19.1 Å². The molecular weight excluding hydrogens is 177 g/mol. The van der Waals surface area contributed by atoms with Gasteiger partial charge in [-0.1, -0.05) is 24.8 Å². The summed E-state index contributed by atoms with van der Waals surface area (Å²) in [6.07, 6.45) is 6.01. The van der Waals surface area contributed by atoms with Gasteiger partial charge in [-0.15, -0.1) is 0 Å². The lowest BCUT2D eigenvalue weighted by Crippen LogP contribution is -2.15. The van der Waals surface area contributed by atoms with Gasteiger partial charge in [0, 0.05) is 12.5 Å². The maximum atomic E-state index is 13.5. The average molecular weight is 195 g/mol. The molecule has 0 spiro atoms. The smallest absolute Gasteiger partial charge is 0.122 e. The predicted octanol–water partition coefficient (Wildman–Crippen LogP) is 2.92.